The van der Waals surface area contributed by atoms with Crippen molar-refractivity contribution >= 4 is 0 Å². The van der Waals surface area contributed by atoms with Gasteiger partial charge in [0.15, 0.2) is 0 Å². The minimum absolute atomic E-state index is 0.352. The fraction of sp³-hybridized carbons (Fsp3) is 0.450. The van der Waals surface area contributed by atoms with Crippen molar-refractivity contribution in [1.29, 1.82) is 0 Å². The van der Waals surface area contributed by atoms with E-state index in [0.29, 0.717) is 11.5 Å². The van der Waals surface area contributed by atoms with Crippen molar-refractivity contribution in [1.82, 2.24) is 14.8 Å². The number of hydrogen-bond donors (Lipinski definition) is 0. The maximum atomic E-state index is 4.13. The Labute approximate surface area is 139 Å². The van der Waals surface area contributed by atoms with Gasteiger partial charge in [0, 0.05) is 36.9 Å². The van der Waals surface area contributed by atoms with Gasteiger partial charge < -0.3 is 4.90 Å². The molecule has 0 radical (unpaired) electrons. The maximum Gasteiger partial charge on any atom is 0.0318 e. The zero-order chi connectivity index (χ0) is 15.7. The molecule has 2 aliphatic heterocycles. The van der Waals surface area contributed by atoms with Crippen LogP contribution in [0.5, 0.6) is 0 Å². The van der Waals surface area contributed by atoms with Crippen LogP contribution in [0.3, 0.4) is 0 Å². The summed E-state index contributed by atoms with van der Waals surface area (Å²) in [5.74, 6) is 0. The number of pyridine rings is 1. The molecule has 120 valence electrons. The minimum atomic E-state index is 0.352. The van der Waals surface area contributed by atoms with Gasteiger partial charge in [-0.1, -0.05) is 30.3 Å². The third-order valence-electron chi connectivity index (χ3n) is 5.89. The van der Waals surface area contributed by atoms with Crippen LogP contribution in [0.2, 0.25) is 0 Å². The average Bonchev–Trinajstić information content (AvgIpc) is 2.95. The molecular formula is C20H25N3. The first kappa shape index (κ1) is 14.9. The summed E-state index contributed by atoms with van der Waals surface area (Å²) >= 11 is 0. The molecule has 0 spiro atoms. The number of benzene rings is 1. The molecule has 0 N–H and O–H groups in total. The summed E-state index contributed by atoms with van der Waals surface area (Å²) in [5, 5.41) is 0. The van der Waals surface area contributed by atoms with E-state index in [4.69, 9.17) is 0 Å². The van der Waals surface area contributed by atoms with Crippen LogP contribution in [0.25, 0.3) is 0 Å². The van der Waals surface area contributed by atoms with Gasteiger partial charge in [0.25, 0.3) is 0 Å². The van der Waals surface area contributed by atoms with E-state index in [9.17, 15) is 0 Å². The summed E-state index contributed by atoms with van der Waals surface area (Å²) in [4.78, 5) is 9.32. The molecule has 1 aromatic heterocycles. The summed E-state index contributed by atoms with van der Waals surface area (Å²) in [6.45, 7) is 4.59. The third kappa shape index (κ3) is 2.68. The summed E-state index contributed by atoms with van der Waals surface area (Å²) in [6.07, 6.45) is 6.35. The monoisotopic (exact) mass is 307 g/mol. The highest BCUT2D eigenvalue weighted by molar-refractivity contribution is 5.31. The number of rotatable bonds is 3. The number of likely N-dealkylation sites (N-methyl/N-ethyl adjacent to an activating group) is 1. The van der Waals surface area contributed by atoms with Gasteiger partial charge in [0.2, 0.25) is 0 Å². The first-order valence-electron chi connectivity index (χ1n) is 8.65. The van der Waals surface area contributed by atoms with Crippen LogP contribution in [0.15, 0.2) is 54.9 Å². The molecule has 0 amide bonds. The van der Waals surface area contributed by atoms with E-state index in [1.165, 1.54) is 37.1 Å². The predicted molar refractivity (Wildman–Crippen MR) is 93.3 cm³/mol. The average molecular weight is 307 g/mol. The molecule has 0 unspecified atom stereocenters. The molecule has 0 bridgehead atoms. The van der Waals surface area contributed by atoms with E-state index >= 15 is 0 Å². The number of hydrogen-bond acceptors (Lipinski definition) is 3. The van der Waals surface area contributed by atoms with E-state index in [1.807, 2.05) is 12.4 Å². The number of piperidine rings is 1. The summed E-state index contributed by atoms with van der Waals surface area (Å²) in [6, 6.07) is 16.1. The van der Waals surface area contributed by atoms with E-state index in [0.717, 1.165) is 13.1 Å². The van der Waals surface area contributed by atoms with Gasteiger partial charge in [-0.3, -0.25) is 9.88 Å². The van der Waals surface area contributed by atoms with Gasteiger partial charge >= 0.3 is 0 Å². The SMILES string of the molecule is CN1CC[C@]2(c3ccccc3)CCN(Cc3ccncc3)C[C@H]12. The molecule has 23 heavy (non-hydrogen) atoms. The lowest BCUT2D eigenvalue weighted by Crippen LogP contribution is -2.54. The molecule has 1 aromatic carbocycles. The molecule has 2 fully saturated rings. The Morgan fingerprint density at radius 1 is 1.04 bits per heavy atom. The van der Waals surface area contributed by atoms with Gasteiger partial charge in [-0.25, -0.2) is 0 Å². The zero-order valence-electron chi connectivity index (χ0n) is 13.9. The van der Waals surface area contributed by atoms with Gasteiger partial charge in [-0.2, -0.15) is 0 Å². The first-order valence-corrected chi connectivity index (χ1v) is 8.65. The molecule has 3 heterocycles. The summed E-state index contributed by atoms with van der Waals surface area (Å²) < 4.78 is 0. The van der Waals surface area contributed by atoms with Crippen molar-refractivity contribution in [2.75, 3.05) is 26.7 Å². The lowest BCUT2D eigenvalue weighted by molar-refractivity contribution is 0.0917. The van der Waals surface area contributed by atoms with E-state index < -0.39 is 0 Å². The highest BCUT2D eigenvalue weighted by Crippen LogP contribution is 2.45. The molecule has 4 rings (SSSR count). The molecule has 2 saturated heterocycles. The molecule has 2 atom stereocenters. The Bertz CT molecular complexity index is 642. The number of fused-ring (bicyclic) bond motifs is 1. The van der Waals surface area contributed by atoms with Crippen molar-refractivity contribution in [2.24, 2.45) is 0 Å². The van der Waals surface area contributed by atoms with E-state index in [2.05, 4.69) is 64.3 Å². The van der Waals surface area contributed by atoms with Crippen molar-refractivity contribution < 1.29 is 0 Å². The molecule has 2 aromatic rings. The van der Waals surface area contributed by atoms with Gasteiger partial charge in [-0.15, -0.1) is 0 Å². The van der Waals surface area contributed by atoms with Gasteiger partial charge in [-0.05, 0) is 56.2 Å². The Balaban J connectivity index is 1.56. The summed E-state index contributed by atoms with van der Waals surface area (Å²) in [5.41, 5.74) is 3.26. The first-order chi connectivity index (χ1) is 11.3. The third-order valence-corrected chi connectivity index (χ3v) is 5.89. The van der Waals surface area contributed by atoms with Crippen LogP contribution < -0.4 is 0 Å². The highest BCUT2D eigenvalue weighted by atomic mass is 15.3. The predicted octanol–water partition coefficient (Wildman–Crippen LogP) is 2.93. The largest absolute Gasteiger partial charge is 0.301 e. The summed E-state index contributed by atoms with van der Waals surface area (Å²) in [7, 11) is 2.30. The molecule has 2 aliphatic rings. The highest BCUT2D eigenvalue weighted by Gasteiger charge is 2.49. The van der Waals surface area contributed by atoms with Crippen LogP contribution in [-0.4, -0.2) is 47.5 Å². The second kappa shape index (κ2) is 6.06. The van der Waals surface area contributed by atoms with Crippen LogP contribution in [0, 0.1) is 0 Å². The molecular weight excluding hydrogens is 282 g/mol. The normalized spacial score (nSPS) is 28.7. The van der Waals surface area contributed by atoms with Crippen LogP contribution >= 0.6 is 0 Å². The quantitative estimate of drug-likeness (QED) is 0.869. The Kier molecular flexibility index (Phi) is 3.92. The molecule has 0 aliphatic carbocycles. The van der Waals surface area contributed by atoms with Crippen LogP contribution in [0.1, 0.15) is 24.0 Å². The van der Waals surface area contributed by atoms with Gasteiger partial charge in [0.1, 0.15) is 0 Å². The second-order valence-corrected chi connectivity index (χ2v) is 7.11. The number of likely N-dealkylation sites (tertiary alicyclic amines) is 2. The van der Waals surface area contributed by atoms with E-state index in [1.54, 1.807) is 0 Å². The Morgan fingerprint density at radius 2 is 1.78 bits per heavy atom. The van der Waals surface area contributed by atoms with Crippen LogP contribution in [0.4, 0.5) is 0 Å². The fourth-order valence-corrected chi connectivity index (χ4v) is 4.56. The van der Waals surface area contributed by atoms with Gasteiger partial charge in [0.05, 0.1) is 0 Å². The Hall–Kier alpha value is -1.71. The number of aromatic nitrogens is 1. The van der Waals surface area contributed by atoms with Crippen LogP contribution in [-0.2, 0) is 12.0 Å². The Morgan fingerprint density at radius 3 is 2.57 bits per heavy atom. The topological polar surface area (TPSA) is 19.4 Å². The maximum absolute atomic E-state index is 4.13. The minimum Gasteiger partial charge on any atom is -0.301 e. The van der Waals surface area contributed by atoms with E-state index in [-0.39, 0.29) is 0 Å². The van der Waals surface area contributed by atoms with Crippen molar-refractivity contribution in [3.8, 4) is 0 Å². The lowest BCUT2D eigenvalue weighted by Gasteiger charge is -2.46. The molecule has 3 heteroatoms. The molecule has 3 nitrogen and oxygen atoms in total. The van der Waals surface area contributed by atoms with Crippen molar-refractivity contribution in [3.05, 3.63) is 66.0 Å². The fourth-order valence-electron chi connectivity index (χ4n) is 4.56. The van der Waals surface area contributed by atoms with Crippen molar-refractivity contribution in [3.63, 3.8) is 0 Å². The standard InChI is InChI=1S/C20H25N3/c1-22-13-9-20(18-5-3-2-4-6-18)10-14-23(16-19(20)22)15-17-7-11-21-12-8-17/h2-8,11-12,19H,9-10,13-16H2,1H3/t19-,20+/m0/s1. The second-order valence-electron chi connectivity index (χ2n) is 7.11. The lowest BCUT2D eigenvalue weighted by atomic mass is 9.69. The smallest absolute Gasteiger partial charge is 0.0318 e. The number of nitrogens with zero attached hydrogens (tertiary/aromatic N) is 3. The zero-order valence-corrected chi connectivity index (χ0v) is 13.9. The van der Waals surface area contributed by atoms with Crippen molar-refractivity contribution in [2.45, 2.75) is 30.8 Å². The molecule has 0 saturated carbocycles.